The Hall–Kier alpha value is -1.57. The second-order valence-electron chi connectivity index (χ2n) is 4.64. The van der Waals surface area contributed by atoms with Gasteiger partial charge in [0.15, 0.2) is 5.12 Å². The number of aliphatic carboxylic acids is 1. The minimum absolute atomic E-state index is 0.0594. The lowest BCUT2D eigenvalue weighted by Crippen LogP contribution is -2.49. The Morgan fingerprint density at radius 2 is 1.80 bits per heavy atom. The molecular formula is C12H20N2O5S. The summed E-state index contributed by atoms with van der Waals surface area (Å²) in [5.74, 6) is -2.03. The molecule has 0 aliphatic heterocycles. The van der Waals surface area contributed by atoms with Gasteiger partial charge in [0.25, 0.3) is 0 Å². The van der Waals surface area contributed by atoms with Crippen molar-refractivity contribution in [3.63, 3.8) is 0 Å². The predicted molar refractivity (Wildman–Crippen MR) is 75.2 cm³/mol. The van der Waals surface area contributed by atoms with Crippen LogP contribution in [0.15, 0.2) is 0 Å². The van der Waals surface area contributed by atoms with E-state index in [0.717, 1.165) is 11.8 Å². The van der Waals surface area contributed by atoms with Crippen LogP contribution in [0.3, 0.4) is 0 Å². The van der Waals surface area contributed by atoms with Gasteiger partial charge in [0.05, 0.1) is 5.75 Å². The predicted octanol–water partition coefficient (Wildman–Crippen LogP) is -0.00220. The maximum absolute atomic E-state index is 11.8. The fourth-order valence-corrected chi connectivity index (χ4v) is 1.81. The summed E-state index contributed by atoms with van der Waals surface area (Å²) in [7, 11) is 0. The third-order valence-corrected chi connectivity index (χ3v) is 2.99. The van der Waals surface area contributed by atoms with Crippen LogP contribution in [0.5, 0.6) is 0 Å². The van der Waals surface area contributed by atoms with Crippen LogP contribution in [0.2, 0.25) is 0 Å². The molecule has 0 heterocycles. The number of thioether (sulfide) groups is 1. The van der Waals surface area contributed by atoms with E-state index in [9.17, 15) is 19.2 Å². The zero-order chi connectivity index (χ0) is 15.7. The average molecular weight is 304 g/mol. The van der Waals surface area contributed by atoms with Gasteiger partial charge in [-0.2, -0.15) is 0 Å². The van der Waals surface area contributed by atoms with E-state index in [4.69, 9.17) is 5.11 Å². The number of amides is 2. The van der Waals surface area contributed by atoms with Crippen molar-refractivity contribution in [3.8, 4) is 0 Å². The standard InChI is InChI=1S/C12H20N2O5S/c1-7(2)4-9(12(19)13-5-11(17)18)14-10(16)6-20-8(3)15/h7,9H,4-6H2,1-3H3,(H,13,19)(H,14,16)(H,17,18)/t9-/m0/s1. The molecule has 0 fully saturated rings. The lowest BCUT2D eigenvalue weighted by atomic mass is 10.0. The maximum Gasteiger partial charge on any atom is 0.322 e. The highest BCUT2D eigenvalue weighted by Crippen LogP contribution is 2.06. The summed E-state index contributed by atoms with van der Waals surface area (Å²) in [6, 6.07) is -0.797. The van der Waals surface area contributed by atoms with E-state index in [1.54, 1.807) is 0 Å². The highest BCUT2D eigenvalue weighted by atomic mass is 32.2. The largest absolute Gasteiger partial charge is 0.480 e. The topological polar surface area (TPSA) is 113 Å². The van der Waals surface area contributed by atoms with E-state index < -0.39 is 30.4 Å². The van der Waals surface area contributed by atoms with E-state index in [2.05, 4.69) is 10.6 Å². The fraction of sp³-hybridized carbons (Fsp3) is 0.667. The number of carboxylic acids is 1. The molecule has 20 heavy (non-hydrogen) atoms. The van der Waals surface area contributed by atoms with Crippen molar-refractivity contribution in [3.05, 3.63) is 0 Å². The van der Waals surface area contributed by atoms with Crippen molar-refractivity contribution in [2.24, 2.45) is 5.92 Å². The van der Waals surface area contributed by atoms with Gasteiger partial charge in [-0.3, -0.25) is 19.2 Å². The number of carbonyl (C=O) groups excluding carboxylic acids is 3. The summed E-state index contributed by atoms with van der Waals surface area (Å²) >= 11 is 0.853. The van der Waals surface area contributed by atoms with E-state index >= 15 is 0 Å². The van der Waals surface area contributed by atoms with Crippen LogP contribution in [0, 0.1) is 5.92 Å². The van der Waals surface area contributed by atoms with Crippen LogP contribution in [0.1, 0.15) is 27.2 Å². The molecular weight excluding hydrogens is 284 g/mol. The van der Waals surface area contributed by atoms with Gasteiger partial charge >= 0.3 is 5.97 Å². The van der Waals surface area contributed by atoms with Gasteiger partial charge in [-0.05, 0) is 12.3 Å². The Morgan fingerprint density at radius 3 is 2.25 bits per heavy atom. The van der Waals surface area contributed by atoms with Crippen LogP contribution >= 0.6 is 11.8 Å². The number of hydrogen-bond acceptors (Lipinski definition) is 5. The first-order valence-electron chi connectivity index (χ1n) is 6.14. The van der Waals surface area contributed by atoms with Gasteiger partial charge in [-0.25, -0.2) is 0 Å². The molecule has 0 aromatic heterocycles. The van der Waals surface area contributed by atoms with Crippen molar-refractivity contribution in [1.29, 1.82) is 0 Å². The van der Waals surface area contributed by atoms with Gasteiger partial charge in [-0.1, -0.05) is 25.6 Å². The highest BCUT2D eigenvalue weighted by Gasteiger charge is 2.22. The monoisotopic (exact) mass is 304 g/mol. The molecule has 0 saturated carbocycles. The normalized spacial score (nSPS) is 11.8. The molecule has 0 aromatic carbocycles. The molecule has 8 heteroatoms. The number of carbonyl (C=O) groups is 4. The molecule has 3 N–H and O–H groups in total. The minimum atomic E-state index is -1.15. The summed E-state index contributed by atoms with van der Waals surface area (Å²) < 4.78 is 0. The first kappa shape index (κ1) is 18.4. The van der Waals surface area contributed by atoms with E-state index in [1.165, 1.54) is 6.92 Å². The van der Waals surface area contributed by atoms with E-state index in [-0.39, 0.29) is 16.8 Å². The molecule has 0 unspecified atom stereocenters. The van der Waals surface area contributed by atoms with Gasteiger partial charge in [0.2, 0.25) is 11.8 Å². The SMILES string of the molecule is CC(=O)SCC(=O)N[C@@H](CC(C)C)C(=O)NCC(=O)O. The molecule has 0 aliphatic rings. The molecule has 0 bridgehead atoms. The molecule has 0 saturated heterocycles. The maximum atomic E-state index is 11.8. The van der Waals surface area contributed by atoms with Gasteiger partial charge in [0.1, 0.15) is 12.6 Å². The lowest BCUT2D eigenvalue weighted by Gasteiger charge is -2.19. The Labute approximate surface area is 121 Å². The zero-order valence-electron chi connectivity index (χ0n) is 11.8. The number of hydrogen-bond donors (Lipinski definition) is 3. The smallest absolute Gasteiger partial charge is 0.322 e. The van der Waals surface area contributed by atoms with E-state index in [0.29, 0.717) is 6.42 Å². The van der Waals surface area contributed by atoms with Crippen molar-refractivity contribution < 1.29 is 24.3 Å². The first-order chi connectivity index (χ1) is 9.22. The van der Waals surface area contributed by atoms with Gasteiger partial charge < -0.3 is 15.7 Å². The minimum Gasteiger partial charge on any atom is -0.480 e. The summed E-state index contributed by atoms with van der Waals surface area (Å²) in [5, 5.41) is 13.1. The van der Waals surface area contributed by atoms with Crippen LogP contribution < -0.4 is 10.6 Å². The zero-order valence-corrected chi connectivity index (χ0v) is 12.6. The second-order valence-corrected chi connectivity index (χ2v) is 5.79. The third kappa shape index (κ3) is 9.37. The van der Waals surface area contributed by atoms with Crippen molar-refractivity contribution in [1.82, 2.24) is 10.6 Å². The van der Waals surface area contributed by atoms with Crippen LogP contribution in [-0.2, 0) is 19.2 Å². The number of rotatable bonds is 8. The molecule has 7 nitrogen and oxygen atoms in total. The Balaban J connectivity index is 4.46. The van der Waals surface area contributed by atoms with Gasteiger partial charge in [-0.15, -0.1) is 0 Å². The van der Waals surface area contributed by atoms with Crippen molar-refractivity contribution in [2.45, 2.75) is 33.2 Å². The van der Waals surface area contributed by atoms with Crippen LogP contribution in [-0.4, -0.2) is 46.3 Å². The van der Waals surface area contributed by atoms with Crippen LogP contribution in [0.25, 0.3) is 0 Å². The molecule has 1 atom stereocenters. The van der Waals surface area contributed by atoms with Gasteiger partial charge in [0, 0.05) is 6.92 Å². The summed E-state index contributed by atoms with van der Waals surface area (Å²) in [5.41, 5.74) is 0. The first-order valence-corrected chi connectivity index (χ1v) is 7.13. The number of nitrogens with one attached hydrogen (secondary N) is 2. The Morgan fingerprint density at radius 1 is 1.20 bits per heavy atom. The molecule has 0 spiro atoms. The second kappa shape index (κ2) is 9.35. The van der Waals surface area contributed by atoms with Crippen LogP contribution in [0.4, 0.5) is 0 Å². The lowest BCUT2D eigenvalue weighted by molar-refractivity contribution is -0.138. The Bertz CT molecular complexity index is 384. The van der Waals surface area contributed by atoms with Crippen molar-refractivity contribution >= 4 is 34.7 Å². The fourth-order valence-electron chi connectivity index (χ4n) is 1.39. The molecule has 114 valence electrons. The van der Waals surface area contributed by atoms with E-state index in [1.807, 2.05) is 13.8 Å². The highest BCUT2D eigenvalue weighted by molar-refractivity contribution is 8.14. The summed E-state index contributed by atoms with van der Waals surface area (Å²) in [6.45, 7) is 4.62. The average Bonchev–Trinajstić information content (AvgIpc) is 2.32. The molecule has 0 aromatic rings. The third-order valence-electron chi connectivity index (χ3n) is 2.18. The molecule has 0 radical (unpaired) electrons. The summed E-state index contributed by atoms with van der Waals surface area (Å²) in [4.78, 5) is 44.6. The molecule has 0 aliphatic carbocycles. The quantitative estimate of drug-likeness (QED) is 0.582. The molecule has 0 rings (SSSR count). The molecule has 2 amide bonds. The Kier molecular flexibility index (Phi) is 8.62. The van der Waals surface area contributed by atoms with Crippen molar-refractivity contribution in [2.75, 3.05) is 12.3 Å². The number of carboxylic acid groups (broad SMARTS) is 1. The summed E-state index contributed by atoms with van der Waals surface area (Å²) in [6.07, 6.45) is 0.391.